The lowest BCUT2D eigenvalue weighted by Gasteiger charge is -2.03. The molecular formula is C13H7FN4. The minimum absolute atomic E-state index is 0.0287. The van der Waals surface area contributed by atoms with E-state index < -0.39 is 5.82 Å². The second-order valence-corrected chi connectivity index (χ2v) is 3.80. The van der Waals surface area contributed by atoms with Gasteiger partial charge in [0.2, 0.25) is 0 Å². The van der Waals surface area contributed by atoms with Crippen molar-refractivity contribution in [1.82, 2.24) is 15.2 Å². The van der Waals surface area contributed by atoms with Crippen molar-refractivity contribution in [3.8, 4) is 17.2 Å². The maximum Gasteiger partial charge on any atom is 0.155 e. The standard InChI is InChI=1S/C13H7FN4/c14-12-2-1-8(5-9(12)6-15)10-3-4-16-13-11(10)7-17-18-13/h1-5,7H,(H,16,17,18). The largest absolute Gasteiger partial charge is 0.261 e. The summed E-state index contributed by atoms with van der Waals surface area (Å²) in [6.07, 6.45) is 3.30. The van der Waals surface area contributed by atoms with Crippen LogP contribution in [0.4, 0.5) is 4.39 Å². The van der Waals surface area contributed by atoms with E-state index in [1.807, 2.05) is 12.1 Å². The highest BCUT2D eigenvalue weighted by Crippen LogP contribution is 2.27. The van der Waals surface area contributed by atoms with Crippen molar-refractivity contribution in [2.75, 3.05) is 0 Å². The number of aromatic nitrogens is 3. The molecule has 0 unspecified atom stereocenters. The van der Waals surface area contributed by atoms with Crippen molar-refractivity contribution in [2.45, 2.75) is 0 Å². The van der Waals surface area contributed by atoms with Crippen LogP contribution < -0.4 is 0 Å². The number of hydrogen-bond donors (Lipinski definition) is 1. The van der Waals surface area contributed by atoms with E-state index in [4.69, 9.17) is 5.26 Å². The third kappa shape index (κ3) is 1.52. The Morgan fingerprint density at radius 1 is 1.28 bits per heavy atom. The van der Waals surface area contributed by atoms with Crippen molar-refractivity contribution in [1.29, 1.82) is 5.26 Å². The number of rotatable bonds is 1. The van der Waals surface area contributed by atoms with Crippen molar-refractivity contribution >= 4 is 11.0 Å². The number of H-pyrrole nitrogens is 1. The Kier molecular flexibility index (Phi) is 2.27. The van der Waals surface area contributed by atoms with Crippen LogP contribution in [0, 0.1) is 17.1 Å². The van der Waals surface area contributed by atoms with Gasteiger partial charge in [-0.15, -0.1) is 0 Å². The Morgan fingerprint density at radius 3 is 3.00 bits per heavy atom. The van der Waals surface area contributed by atoms with Gasteiger partial charge in [0, 0.05) is 11.6 Å². The Balaban J connectivity index is 2.27. The molecule has 0 saturated carbocycles. The normalized spacial score (nSPS) is 10.4. The van der Waals surface area contributed by atoms with E-state index in [-0.39, 0.29) is 5.56 Å². The van der Waals surface area contributed by atoms with Crippen LogP contribution in [0.1, 0.15) is 5.56 Å². The first-order chi connectivity index (χ1) is 8.79. The summed E-state index contributed by atoms with van der Waals surface area (Å²) < 4.78 is 13.3. The lowest BCUT2D eigenvalue weighted by atomic mass is 10.0. The minimum Gasteiger partial charge on any atom is -0.261 e. The van der Waals surface area contributed by atoms with Gasteiger partial charge in [-0.25, -0.2) is 9.37 Å². The van der Waals surface area contributed by atoms with Crippen molar-refractivity contribution in [3.05, 3.63) is 48.0 Å². The molecule has 4 nitrogen and oxygen atoms in total. The first-order valence-electron chi connectivity index (χ1n) is 5.27. The molecule has 0 aliphatic heterocycles. The van der Waals surface area contributed by atoms with Crippen LogP contribution in [-0.2, 0) is 0 Å². The molecule has 0 spiro atoms. The van der Waals surface area contributed by atoms with Crippen LogP contribution in [0.3, 0.4) is 0 Å². The first-order valence-corrected chi connectivity index (χ1v) is 5.27. The van der Waals surface area contributed by atoms with E-state index in [2.05, 4.69) is 15.2 Å². The van der Waals surface area contributed by atoms with Gasteiger partial charge in [0.25, 0.3) is 0 Å². The summed E-state index contributed by atoms with van der Waals surface area (Å²) in [5.74, 6) is -0.515. The van der Waals surface area contributed by atoms with E-state index >= 15 is 0 Å². The monoisotopic (exact) mass is 238 g/mol. The highest BCUT2D eigenvalue weighted by atomic mass is 19.1. The SMILES string of the molecule is N#Cc1cc(-c2ccnc3[nH]ncc23)ccc1F. The number of nitriles is 1. The van der Waals surface area contributed by atoms with Gasteiger partial charge in [0.05, 0.1) is 11.8 Å². The minimum atomic E-state index is -0.515. The van der Waals surface area contributed by atoms with Gasteiger partial charge >= 0.3 is 0 Å². The van der Waals surface area contributed by atoms with Crippen LogP contribution in [0.2, 0.25) is 0 Å². The van der Waals surface area contributed by atoms with Crippen molar-refractivity contribution < 1.29 is 4.39 Å². The second-order valence-electron chi connectivity index (χ2n) is 3.80. The van der Waals surface area contributed by atoms with Crippen molar-refractivity contribution in [2.24, 2.45) is 0 Å². The van der Waals surface area contributed by atoms with E-state index in [0.717, 1.165) is 16.5 Å². The molecule has 0 radical (unpaired) electrons. The fourth-order valence-electron chi connectivity index (χ4n) is 1.88. The molecule has 18 heavy (non-hydrogen) atoms. The molecule has 1 N–H and O–H groups in total. The van der Waals surface area contributed by atoms with Gasteiger partial charge in [-0.3, -0.25) is 5.10 Å². The summed E-state index contributed by atoms with van der Waals surface area (Å²) >= 11 is 0. The zero-order chi connectivity index (χ0) is 12.5. The average molecular weight is 238 g/mol. The molecule has 0 aliphatic carbocycles. The molecule has 1 aromatic carbocycles. The maximum absolute atomic E-state index is 13.3. The van der Waals surface area contributed by atoms with E-state index in [0.29, 0.717) is 5.65 Å². The Morgan fingerprint density at radius 2 is 2.17 bits per heavy atom. The fourth-order valence-corrected chi connectivity index (χ4v) is 1.88. The summed E-state index contributed by atoms with van der Waals surface area (Å²) in [5.41, 5.74) is 2.32. The highest BCUT2D eigenvalue weighted by Gasteiger charge is 2.08. The third-order valence-electron chi connectivity index (χ3n) is 2.75. The smallest absolute Gasteiger partial charge is 0.155 e. The molecule has 0 saturated heterocycles. The average Bonchev–Trinajstić information content (AvgIpc) is 2.87. The number of nitrogens with zero attached hydrogens (tertiary/aromatic N) is 3. The molecule has 2 heterocycles. The van der Waals surface area contributed by atoms with Crippen LogP contribution in [0.5, 0.6) is 0 Å². The lowest BCUT2D eigenvalue weighted by molar-refractivity contribution is 0.624. The Labute approximate surface area is 102 Å². The van der Waals surface area contributed by atoms with Crippen LogP contribution >= 0.6 is 0 Å². The Bertz CT molecular complexity index is 770. The number of aromatic amines is 1. The van der Waals surface area contributed by atoms with Gasteiger partial charge in [-0.1, -0.05) is 6.07 Å². The number of hydrogen-bond acceptors (Lipinski definition) is 3. The van der Waals surface area contributed by atoms with Crippen LogP contribution in [0.25, 0.3) is 22.2 Å². The first kappa shape index (κ1) is 10.4. The molecule has 3 rings (SSSR count). The van der Waals surface area contributed by atoms with E-state index in [1.165, 1.54) is 12.1 Å². The molecule has 0 bridgehead atoms. The molecule has 0 atom stereocenters. The molecular weight excluding hydrogens is 231 g/mol. The molecule has 0 aliphatic rings. The number of halogens is 1. The number of nitrogens with one attached hydrogen (secondary N) is 1. The molecule has 2 aromatic heterocycles. The summed E-state index contributed by atoms with van der Waals surface area (Å²) in [6, 6.07) is 8.10. The number of fused-ring (bicyclic) bond motifs is 1. The van der Waals surface area contributed by atoms with E-state index in [1.54, 1.807) is 18.5 Å². The molecule has 3 aromatic rings. The summed E-state index contributed by atoms with van der Waals surface area (Å²) in [4.78, 5) is 4.13. The number of benzene rings is 1. The van der Waals surface area contributed by atoms with Crippen LogP contribution in [-0.4, -0.2) is 15.2 Å². The van der Waals surface area contributed by atoms with Gasteiger partial charge in [-0.05, 0) is 29.3 Å². The number of pyridine rings is 1. The van der Waals surface area contributed by atoms with Crippen LogP contribution in [0.15, 0.2) is 36.7 Å². The molecule has 5 heteroatoms. The quantitative estimate of drug-likeness (QED) is 0.708. The topological polar surface area (TPSA) is 65.4 Å². The highest BCUT2D eigenvalue weighted by molar-refractivity contribution is 5.92. The van der Waals surface area contributed by atoms with Gasteiger partial charge < -0.3 is 0 Å². The van der Waals surface area contributed by atoms with Gasteiger partial charge in [0.15, 0.2) is 5.65 Å². The van der Waals surface area contributed by atoms with Gasteiger partial charge in [0.1, 0.15) is 11.9 Å². The summed E-state index contributed by atoms with van der Waals surface area (Å²) in [5, 5.41) is 16.4. The summed E-state index contributed by atoms with van der Waals surface area (Å²) in [6.45, 7) is 0. The third-order valence-corrected chi connectivity index (χ3v) is 2.75. The molecule has 0 amide bonds. The molecule has 86 valence electrons. The van der Waals surface area contributed by atoms with E-state index in [9.17, 15) is 4.39 Å². The lowest BCUT2D eigenvalue weighted by Crippen LogP contribution is -1.87. The zero-order valence-corrected chi connectivity index (χ0v) is 9.18. The van der Waals surface area contributed by atoms with Crippen molar-refractivity contribution in [3.63, 3.8) is 0 Å². The summed E-state index contributed by atoms with van der Waals surface area (Å²) in [7, 11) is 0. The predicted octanol–water partition coefficient (Wildman–Crippen LogP) is 2.64. The maximum atomic E-state index is 13.3. The second kappa shape index (κ2) is 3.93. The Hall–Kier alpha value is -2.74. The fraction of sp³-hybridized carbons (Fsp3) is 0. The molecule has 0 fully saturated rings. The van der Waals surface area contributed by atoms with Gasteiger partial charge in [-0.2, -0.15) is 10.4 Å². The zero-order valence-electron chi connectivity index (χ0n) is 9.18. The predicted molar refractivity (Wildman–Crippen MR) is 64.0 cm³/mol.